The minimum Gasteiger partial charge on any atom is -0.507 e. The Bertz CT molecular complexity index is 1520. The van der Waals surface area contributed by atoms with Crippen molar-refractivity contribution < 1.29 is 37.8 Å². The third kappa shape index (κ3) is 4.38. The predicted molar refractivity (Wildman–Crippen MR) is 131 cm³/mol. The Hall–Kier alpha value is -3.61. The normalized spacial score (nSPS) is 15.8. The Morgan fingerprint density at radius 2 is 2.00 bits per heavy atom. The van der Waals surface area contributed by atoms with Crippen LogP contribution in [0.2, 0.25) is 5.02 Å². The first kappa shape index (κ1) is 25.5. The molecule has 4 rings (SSSR count). The van der Waals surface area contributed by atoms with Gasteiger partial charge in [-0.15, -0.1) is 0 Å². The third-order valence-corrected chi connectivity index (χ3v) is 8.03. The van der Waals surface area contributed by atoms with Crippen LogP contribution in [0.3, 0.4) is 0 Å². The van der Waals surface area contributed by atoms with E-state index in [0.29, 0.717) is 18.5 Å². The summed E-state index contributed by atoms with van der Waals surface area (Å²) in [6.07, 6.45) is 0.364. The Labute approximate surface area is 210 Å². The van der Waals surface area contributed by atoms with Gasteiger partial charge in [-0.05, 0) is 30.7 Å². The average molecular weight is 536 g/mol. The van der Waals surface area contributed by atoms with Crippen molar-refractivity contribution >= 4 is 55.8 Å². The van der Waals surface area contributed by atoms with Crippen molar-refractivity contribution in [3.63, 3.8) is 0 Å². The van der Waals surface area contributed by atoms with Crippen LogP contribution >= 0.6 is 11.6 Å². The average Bonchev–Trinajstić information content (AvgIpc) is 3.46. The summed E-state index contributed by atoms with van der Waals surface area (Å²) in [5, 5.41) is 23.6. The van der Waals surface area contributed by atoms with Crippen molar-refractivity contribution in [2.24, 2.45) is 11.7 Å². The van der Waals surface area contributed by atoms with Gasteiger partial charge in [-0.2, -0.15) is 0 Å². The number of fused-ring (bicyclic) bond motifs is 1. The molecule has 2 heterocycles. The molecule has 6 N–H and O–H groups in total. The Kier molecular flexibility index (Phi) is 6.69. The van der Waals surface area contributed by atoms with Crippen LogP contribution in [0.1, 0.15) is 34.2 Å². The fraction of sp³-hybridized carbons (Fsp3) is 0.261. The molecular formula is C23H22ClN3O8S. The van der Waals surface area contributed by atoms with Crippen LogP contribution < -0.4 is 11.1 Å². The van der Waals surface area contributed by atoms with E-state index < -0.39 is 61.2 Å². The number of ether oxygens (including phenoxy) is 1. The zero-order valence-electron chi connectivity index (χ0n) is 18.9. The number of carbonyl (C=O) groups excluding carboxylic acids is 2. The van der Waals surface area contributed by atoms with Crippen LogP contribution in [0.5, 0.6) is 5.75 Å². The van der Waals surface area contributed by atoms with Crippen molar-refractivity contribution in [2.75, 3.05) is 24.3 Å². The Morgan fingerprint density at radius 3 is 2.58 bits per heavy atom. The zero-order chi connectivity index (χ0) is 26.4. The number of primary amides is 1. The van der Waals surface area contributed by atoms with Gasteiger partial charge in [0.25, 0.3) is 5.91 Å². The van der Waals surface area contributed by atoms with Gasteiger partial charge in [0.15, 0.2) is 9.84 Å². The number of aromatic hydroxyl groups is 1. The second-order valence-electron chi connectivity index (χ2n) is 8.21. The van der Waals surface area contributed by atoms with Crippen molar-refractivity contribution in [1.29, 1.82) is 0 Å². The number of nitrogens with two attached hydrogens (primary N) is 1. The van der Waals surface area contributed by atoms with E-state index in [4.69, 9.17) is 22.1 Å². The standard InChI is InChI=1S/C23H22ClN3O8S/c1-2-36(33,34)20-13(16-12-7-11(24)3-4-14(12)26-19(16)23(31)32)8-15(28)17(21(25)29)18(20)27-22(30)10-5-6-35-9-10/h3-4,7-8,10,26,28H,2,5-6,9H2,1H3,(H2,25,29)(H,27,30)(H,31,32). The number of sulfone groups is 1. The number of carboxylic acid groups (broad SMARTS) is 1. The van der Waals surface area contributed by atoms with E-state index in [0.717, 1.165) is 6.07 Å². The molecule has 0 saturated carbocycles. The van der Waals surface area contributed by atoms with Crippen LogP contribution in [0.25, 0.3) is 22.0 Å². The molecule has 2 aromatic carbocycles. The number of carbonyl (C=O) groups is 3. The number of hydrogen-bond acceptors (Lipinski definition) is 7. The number of rotatable bonds is 7. The van der Waals surface area contributed by atoms with E-state index in [1.54, 1.807) is 0 Å². The monoisotopic (exact) mass is 535 g/mol. The molecule has 1 aliphatic rings. The number of phenols is 1. The number of H-pyrrole nitrogens is 1. The van der Waals surface area contributed by atoms with Crippen LogP contribution in [0.4, 0.5) is 5.69 Å². The summed E-state index contributed by atoms with van der Waals surface area (Å²) in [6, 6.07) is 5.42. The van der Waals surface area contributed by atoms with Crippen LogP contribution in [-0.4, -0.2) is 60.4 Å². The maximum atomic E-state index is 13.4. The molecule has 36 heavy (non-hydrogen) atoms. The lowest BCUT2D eigenvalue weighted by Crippen LogP contribution is -2.27. The van der Waals surface area contributed by atoms with Gasteiger partial charge in [-0.25, -0.2) is 13.2 Å². The smallest absolute Gasteiger partial charge is 0.352 e. The lowest BCUT2D eigenvalue weighted by atomic mass is 9.97. The molecule has 1 aliphatic heterocycles. The minimum absolute atomic E-state index is 0.0867. The van der Waals surface area contributed by atoms with E-state index in [-0.39, 0.29) is 33.8 Å². The fourth-order valence-electron chi connectivity index (χ4n) is 4.24. The van der Waals surface area contributed by atoms with Gasteiger partial charge in [-0.3, -0.25) is 9.59 Å². The van der Waals surface area contributed by atoms with Gasteiger partial charge in [0.2, 0.25) is 5.91 Å². The van der Waals surface area contributed by atoms with Gasteiger partial charge >= 0.3 is 5.97 Å². The van der Waals surface area contributed by atoms with Gasteiger partial charge in [-0.1, -0.05) is 18.5 Å². The summed E-state index contributed by atoms with van der Waals surface area (Å²) in [5.74, 6) is -5.08. The zero-order valence-corrected chi connectivity index (χ0v) is 20.5. The van der Waals surface area contributed by atoms with Crippen LogP contribution in [-0.2, 0) is 19.4 Å². The molecule has 1 unspecified atom stereocenters. The molecule has 0 bridgehead atoms. The number of aromatic carboxylic acids is 1. The van der Waals surface area contributed by atoms with E-state index in [1.165, 1.54) is 25.1 Å². The van der Waals surface area contributed by atoms with Crippen molar-refractivity contribution in [1.82, 2.24) is 4.98 Å². The topological polar surface area (TPSA) is 189 Å². The third-order valence-electron chi connectivity index (χ3n) is 5.99. The van der Waals surface area contributed by atoms with Crippen molar-refractivity contribution in [3.05, 3.63) is 40.5 Å². The van der Waals surface area contributed by atoms with Crippen molar-refractivity contribution in [2.45, 2.75) is 18.2 Å². The second-order valence-corrected chi connectivity index (χ2v) is 10.9. The molecule has 2 amide bonds. The molecular weight excluding hydrogens is 514 g/mol. The molecule has 1 aromatic heterocycles. The summed E-state index contributed by atoms with van der Waals surface area (Å²) >= 11 is 6.14. The summed E-state index contributed by atoms with van der Waals surface area (Å²) < 4.78 is 32.1. The minimum atomic E-state index is -4.25. The highest BCUT2D eigenvalue weighted by atomic mass is 35.5. The van der Waals surface area contributed by atoms with Gasteiger partial charge < -0.3 is 31.0 Å². The number of halogens is 1. The first-order valence-corrected chi connectivity index (χ1v) is 12.8. The predicted octanol–water partition coefficient (Wildman–Crippen LogP) is 2.76. The van der Waals surface area contributed by atoms with E-state index in [9.17, 15) is 33.0 Å². The number of nitrogens with one attached hydrogen (secondary N) is 2. The van der Waals surface area contributed by atoms with Crippen molar-refractivity contribution in [3.8, 4) is 16.9 Å². The number of amides is 2. The van der Waals surface area contributed by atoms with Gasteiger partial charge in [0.1, 0.15) is 17.0 Å². The molecule has 3 aromatic rings. The van der Waals surface area contributed by atoms with Gasteiger partial charge in [0, 0.05) is 33.7 Å². The molecule has 0 spiro atoms. The first-order valence-electron chi connectivity index (χ1n) is 10.8. The number of benzene rings is 2. The molecule has 11 nitrogen and oxygen atoms in total. The van der Waals surface area contributed by atoms with E-state index >= 15 is 0 Å². The second kappa shape index (κ2) is 9.45. The highest BCUT2D eigenvalue weighted by Crippen LogP contribution is 2.45. The van der Waals surface area contributed by atoms with E-state index in [2.05, 4.69) is 10.3 Å². The Morgan fingerprint density at radius 1 is 1.28 bits per heavy atom. The number of carboxylic acids is 1. The number of anilines is 1. The highest BCUT2D eigenvalue weighted by molar-refractivity contribution is 7.91. The van der Waals surface area contributed by atoms with Gasteiger partial charge in [0.05, 0.1) is 28.9 Å². The van der Waals surface area contributed by atoms with Crippen LogP contribution in [0.15, 0.2) is 29.2 Å². The number of aromatic amines is 1. The summed E-state index contributed by atoms with van der Waals surface area (Å²) in [6.45, 7) is 1.75. The molecule has 0 radical (unpaired) electrons. The maximum absolute atomic E-state index is 13.4. The number of aromatic nitrogens is 1. The lowest BCUT2D eigenvalue weighted by molar-refractivity contribution is -0.119. The van der Waals surface area contributed by atoms with E-state index in [1.807, 2.05) is 0 Å². The summed E-state index contributed by atoms with van der Waals surface area (Å²) in [4.78, 5) is 39.6. The largest absolute Gasteiger partial charge is 0.507 e. The quantitative estimate of drug-likeness (QED) is 0.305. The Balaban J connectivity index is 2.14. The highest BCUT2D eigenvalue weighted by Gasteiger charge is 2.34. The molecule has 1 saturated heterocycles. The SMILES string of the molecule is CCS(=O)(=O)c1c(-c2c(C(=O)O)[nH]c3ccc(Cl)cc23)cc(O)c(C(N)=O)c1NC(=O)C1CCOC1. The molecule has 1 fully saturated rings. The fourth-order valence-corrected chi connectivity index (χ4v) is 5.66. The first-order chi connectivity index (χ1) is 17.0. The maximum Gasteiger partial charge on any atom is 0.352 e. The number of hydrogen-bond donors (Lipinski definition) is 5. The summed E-state index contributed by atoms with van der Waals surface area (Å²) in [5.41, 5.74) is 3.93. The lowest BCUT2D eigenvalue weighted by Gasteiger charge is -2.20. The summed E-state index contributed by atoms with van der Waals surface area (Å²) in [7, 11) is -4.25. The van der Waals surface area contributed by atoms with Crippen LogP contribution in [0, 0.1) is 5.92 Å². The molecule has 190 valence electrons. The molecule has 1 atom stereocenters. The molecule has 13 heteroatoms. The molecule has 0 aliphatic carbocycles.